The summed E-state index contributed by atoms with van der Waals surface area (Å²) in [6, 6.07) is 17.9. The van der Waals surface area contributed by atoms with E-state index in [-0.39, 0.29) is 17.8 Å². The summed E-state index contributed by atoms with van der Waals surface area (Å²) in [4.78, 5) is 13.9. The summed E-state index contributed by atoms with van der Waals surface area (Å²) in [5, 5.41) is 0. The third-order valence-corrected chi connectivity index (χ3v) is 4.85. The predicted octanol–water partition coefficient (Wildman–Crippen LogP) is 5.07. The number of rotatable bonds is 5. The minimum atomic E-state index is -0.127. The van der Waals surface area contributed by atoms with Crippen LogP contribution in [-0.2, 0) is 11.4 Å². The van der Waals surface area contributed by atoms with E-state index in [2.05, 4.69) is 0 Å². The number of nitrogens with zero attached hydrogens (tertiary/aromatic N) is 1. The molecule has 1 unspecified atom stereocenters. The molecule has 0 radical (unpaired) electrons. The number of carbonyl (C=O) groups is 1. The van der Waals surface area contributed by atoms with Crippen LogP contribution in [0.1, 0.15) is 36.4 Å². The molecule has 1 saturated heterocycles. The van der Waals surface area contributed by atoms with Gasteiger partial charge in [0.2, 0.25) is 5.91 Å². The van der Waals surface area contributed by atoms with Crippen LogP contribution in [0.5, 0.6) is 5.75 Å². The highest BCUT2D eigenvalue weighted by molar-refractivity contribution is 5.85. The fourth-order valence-electron chi connectivity index (χ4n) is 3.37. The van der Waals surface area contributed by atoms with Crippen molar-refractivity contribution in [2.45, 2.75) is 31.9 Å². The Hall–Kier alpha value is -2.88. The summed E-state index contributed by atoms with van der Waals surface area (Å²) in [6.45, 7) is 0.527. The molecule has 0 bridgehead atoms. The average molecular weight is 349 g/mol. The van der Waals surface area contributed by atoms with Gasteiger partial charge in [0, 0.05) is 12.1 Å². The molecular formula is C22H20FNO2. The number of allylic oxidation sites excluding steroid dienone is 4. The number of β-lactam (4-membered cyclic amide) rings is 1. The number of likely N-dealkylation sites (tertiary alicyclic amines) is 1. The van der Waals surface area contributed by atoms with Gasteiger partial charge in [0.15, 0.2) is 0 Å². The van der Waals surface area contributed by atoms with Crippen LogP contribution in [0.2, 0.25) is 0 Å². The van der Waals surface area contributed by atoms with E-state index in [1.54, 1.807) is 11.0 Å². The summed E-state index contributed by atoms with van der Waals surface area (Å²) in [7, 11) is 0. The summed E-state index contributed by atoms with van der Waals surface area (Å²) in [6.07, 6.45) is 4.62. The van der Waals surface area contributed by atoms with Crippen molar-refractivity contribution in [3.05, 3.63) is 89.4 Å². The van der Waals surface area contributed by atoms with Gasteiger partial charge in [-0.05, 0) is 41.8 Å². The highest BCUT2D eigenvalue weighted by Crippen LogP contribution is 2.40. The Morgan fingerprint density at radius 1 is 1.00 bits per heavy atom. The maximum atomic E-state index is 13.2. The molecule has 2 aliphatic rings. The molecule has 4 rings (SSSR count). The first-order valence-electron chi connectivity index (χ1n) is 8.85. The molecule has 0 saturated carbocycles. The van der Waals surface area contributed by atoms with Gasteiger partial charge in [-0.3, -0.25) is 4.79 Å². The second-order valence-electron chi connectivity index (χ2n) is 6.60. The lowest BCUT2D eigenvalue weighted by Gasteiger charge is -2.42. The highest BCUT2D eigenvalue weighted by atomic mass is 19.1. The van der Waals surface area contributed by atoms with Gasteiger partial charge >= 0.3 is 0 Å². The molecule has 1 amide bonds. The molecule has 1 aliphatic carbocycles. The van der Waals surface area contributed by atoms with Crippen LogP contribution in [0.15, 0.2) is 78.3 Å². The van der Waals surface area contributed by atoms with Gasteiger partial charge in [-0.1, -0.05) is 42.5 Å². The first kappa shape index (κ1) is 16.6. The first-order valence-corrected chi connectivity index (χ1v) is 8.85. The summed E-state index contributed by atoms with van der Waals surface area (Å²) >= 11 is 0. The Bertz CT molecular complexity index is 855. The van der Waals surface area contributed by atoms with Crippen LogP contribution < -0.4 is 4.74 Å². The molecule has 1 atom stereocenters. The topological polar surface area (TPSA) is 29.5 Å². The van der Waals surface area contributed by atoms with Crippen LogP contribution in [-0.4, -0.2) is 10.8 Å². The maximum absolute atomic E-state index is 13.2. The molecule has 0 aromatic heterocycles. The fourth-order valence-corrected chi connectivity index (χ4v) is 3.37. The molecular weight excluding hydrogens is 329 g/mol. The number of hydrogen-bond donors (Lipinski definition) is 0. The number of hydrogen-bond acceptors (Lipinski definition) is 2. The van der Waals surface area contributed by atoms with Crippen LogP contribution in [0, 0.1) is 0 Å². The molecule has 2 aromatic rings. The van der Waals surface area contributed by atoms with E-state index in [0.29, 0.717) is 25.9 Å². The van der Waals surface area contributed by atoms with E-state index in [9.17, 15) is 9.18 Å². The molecule has 3 nitrogen and oxygen atoms in total. The Balaban J connectivity index is 1.42. The zero-order valence-corrected chi connectivity index (χ0v) is 14.4. The van der Waals surface area contributed by atoms with Crippen LogP contribution >= 0.6 is 0 Å². The van der Waals surface area contributed by atoms with E-state index in [1.165, 1.54) is 6.08 Å². The van der Waals surface area contributed by atoms with Crippen molar-refractivity contribution < 1.29 is 13.9 Å². The molecule has 1 heterocycles. The van der Waals surface area contributed by atoms with Crippen molar-refractivity contribution in [3.8, 4) is 5.75 Å². The standard InChI is InChI=1S/C22H20FNO2/c23-18-8-10-19(11-9-18)24-21(14-22(24)25)17-6-12-20(13-7-17)26-15-16-4-2-1-3-5-16/h1-8,10,12-13,21H,9,11,14-15H2. The van der Waals surface area contributed by atoms with E-state index < -0.39 is 0 Å². The van der Waals surface area contributed by atoms with E-state index in [4.69, 9.17) is 4.74 Å². The number of halogens is 1. The second-order valence-corrected chi connectivity index (χ2v) is 6.60. The Morgan fingerprint density at radius 3 is 2.42 bits per heavy atom. The molecule has 0 N–H and O–H groups in total. The zero-order valence-electron chi connectivity index (χ0n) is 14.4. The summed E-state index contributed by atoms with van der Waals surface area (Å²) in [5.74, 6) is 0.774. The van der Waals surface area contributed by atoms with Crippen molar-refractivity contribution in [1.82, 2.24) is 4.90 Å². The minimum absolute atomic E-state index is 0.0338. The van der Waals surface area contributed by atoms with E-state index >= 15 is 0 Å². The van der Waals surface area contributed by atoms with Crippen LogP contribution in [0.25, 0.3) is 0 Å². The minimum Gasteiger partial charge on any atom is -0.489 e. The Morgan fingerprint density at radius 2 is 1.77 bits per heavy atom. The monoisotopic (exact) mass is 349 g/mol. The predicted molar refractivity (Wildman–Crippen MR) is 97.9 cm³/mol. The van der Waals surface area contributed by atoms with Crippen LogP contribution in [0.3, 0.4) is 0 Å². The third kappa shape index (κ3) is 3.40. The summed E-state index contributed by atoms with van der Waals surface area (Å²) in [5.41, 5.74) is 3.10. The van der Waals surface area contributed by atoms with Gasteiger partial charge in [0.05, 0.1) is 12.5 Å². The molecule has 26 heavy (non-hydrogen) atoms. The molecule has 2 aromatic carbocycles. The lowest BCUT2D eigenvalue weighted by molar-refractivity contribution is -0.143. The fraction of sp³-hybridized carbons (Fsp3) is 0.227. The molecule has 0 spiro atoms. The number of carbonyl (C=O) groups excluding carboxylic acids is 1. The average Bonchev–Trinajstić information content (AvgIpc) is 2.67. The van der Waals surface area contributed by atoms with Gasteiger partial charge in [-0.15, -0.1) is 0 Å². The SMILES string of the molecule is O=C1CC(c2ccc(OCc3ccccc3)cc2)N1C1=CC=C(F)CC1. The lowest BCUT2D eigenvalue weighted by atomic mass is 9.91. The second kappa shape index (κ2) is 7.16. The quantitative estimate of drug-likeness (QED) is 0.705. The third-order valence-electron chi connectivity index (χ3n) is 4.85. The van der Waals surface area contributed by atoms with Crippen molar-refractivity contribution in [3.63, 3.8) is 0 Å². The van der Waals surface area contributed by atoms with Crippen LogP contribution in [0.4, 0.5) is 4.39 Å². The number of benzene rings is 2. The number of amides is 1. The van der Waals surface area contributed by atoms with Gasteiger partial charge in [-0.25, -0.2) is 4.39 Å². The van der Waals surface area contributed by atoms with Gasteiger partial charge < -0.3 is 9.64 Å². The smallest absolute Gasteiger partial charge is 0.229 e. The Kier molecular flexibility index (Phi) is 4.57. The number of ether oxygens (including phenoxy) is 1. The Labute approximate surface area is 152 Å². The molecule has 1 aliphatic heterocycles. The van der Waals surface area contributed by atoms with Crippen molar-refractivity contribution in [1.29, 1.82) is 0 Å². The first-order chi connectivity index (χ1) is 12.7. The normalized spacial score (nSPS) is 19.5. The van der Waals surface area contributed by atoms with E-state index in [1.807, 2.05) is 54.6 Å². The molecule has 1 fully saturated rings. The molecule has 132 valence electrons. The lowest BCUT2D eigenvalue weighted by Crippen LogP contribution is -2.45. The van der Waals surface area contributed by atoms with Crippen molar-refractivity contribution >= 4 is 5.91 Å². The van der Waals surface area contributed by atoms with Gasteiger partial charge in [0.1, 0.15) is 18.2 Å². The van der Waals surface area contributed by atoms with Crippen molar-refractivity contribution in [2.24, 2.45) is 0 Å². The highest BCUT2D eigenvalue weighted by Gasteiger charge is 2.39. The van der Waals surface area contributed by atoms with Gasteiger partial charge in [0.25, 0.3) is 0 Å². The summed E-state index contributed by atoms with van der Waals surface area (Å²) < 4.78 is 19.0. The molecule has 4 heteroatoms. The zero-order chi connectivity index (χ0) is 17.9. The van der Waals surface area contributed by atoms with Gasteiger partial charge in [-0.2, -0.15) is 0 Å². The van der Waals surface area contributed by atoms with E-state index in [0.717, 1.165) is 22.6 Å². The maximum Gasteiger partial charge on any atom is 0.229 e. The van der Waals surface area contributed by atoms with Crippen molar-refractivity contribution in [2.75, 3.05) is 0 Å². The largest absolute Gasteiger partial charge is 0.489 e.